The Balaban J connectivity index is 2.62. The fraction of sp³-hybridized carbons (Fsp3) is 0.368. The monoisotopic (exact) mass is 382 g/mol. The Morgan fingerprint density at radius 2 is 1.93 bits per heavy atom. The number of carbonyl (C=O) groups excluding carboxylic acids is 1. The van der Waals surface area contributed by atoms with Gasteiger partial charge in [-0.15, -0.1) is 0 Å². The predicted molar refractivity (Wildman–Crippen MR) is 94.8 cm³/mol. The summed E-state index contributed by atoms with van der Waals surface area (Å²) in [6.45, 7) is 6.69. The van der Waals surface area contributed by atoms with Crippen molar-refractivity contribution in [2.24, 2.45) is 0 Å². The summed E-state index contributed by atoms with van der Waals surface area (Å²) in [5.41, 5.74) is -0.662. The molecule has 5 nitrogen and oxygen atoms in total. The van der Waals surface area contributed by atoms with Gasteiger partial charge in [-0.05, 0) is 37.5 Å². The number of halogens is 3. The molecule has 0 unspecified atom stereocenters. The topological polar surface area (TPSA) is 65.3 Å². The second-order valence-corrected chi connectivity index (χ2v) is 6.22. The van der Waals surface area contributed by atoms with Gasteiger partial charge in [0.2, 0.25) is 0 Å². The highest BCUT2D eigenvalue weighted by Crippen LogP contribution is 2.35. The summed E-state index contributed by atoms with van der Waals surface area (Å²) >= 11 is 0. The molecule has 0 bridgehead atoms. The van der Waals surface area contributed by atoms with Gasteiger partial charge in [-0.1, -0.05) is 19.1 Å². The molecule has 2 rings (SSSR count). The molecule has 27 heavy (non-hydrogen) atoms. The molecule has 1 aromatic carbocycles. The average molecular weight is 382 g/mol. The summed E-state index contributed by atoms with van der Waals surface area (Å²) in [4.78, 5) is 12.7. The number of hydrogen-bond acceptors (Lipinski definition) is 3. The molecule has 1 aromatic heterocycles. The van der Waals surface area contributed by atoms with E-state index in [0.29, 0.717) is 12.1 Å². The van der Waals surface area contributed by atoms with E-state index in [-0.39, 0.29) is 22.8 Å². The summed E-state index contributed by atoms with van der Waals surface area (Å²) in [5, 5.41) is 14.6. The molecule has 0 spiro atoms. The molecule has 0 aliphatic carbocycles. The van der Waals surface area contributed by atoms with E-state index < -0.39 is 23.3 Å². The molecule has 1 heterocycles. The lowest BCUT2D eigenvalue weighted by atomic mass is 10.1. The highest BCUT2D eigenvalue weighted by molar-refractivity contribution is 6.07. The third-order valence-electron chi connectivity index (χ3n) is 4.16. The number of pyridine rings is 1. The molecule has 1 N–H and O–H groups in total. The lowest BCUT2D eigenvalue weighted by Crippen LogP contribution is -2.42. The first kappa shape index (κ1) is 20.5. The number of nitrogens with zero attached hydrogens (tertiary/aromatic N) is 1. The first-order valence-corrected chi connectivity index (χ1v) is 8.42. The molecule has 0 aliphatic heterocycles. The van der Waals surface area contributed by atoms with Crippen molar-refractivity contribution in [3.05, 3.63) is 57.6 Å². The maximum Gasteiger partial charge on any atom is 0.479 e. The summed E-state index contributed by atoms with van der Waals surface area (Å²) < 4.78 is 45.8. The van der Waals surface area contributed by atoms with Gasteiger partial charge in [0.05, 0.1) is 6.61 Å². The zero-order valence-electron chi connectivity index (χ0n) is 15.5. The number of amides is 1. The number of ether oxygens (including phenoxy) is 1. The van der Waals surface area contributed by atoms with Gasteiger partial charge in [0.1, 0.15) is 5.75 Å². The van der Waals surface area contributed by atoms with Gasteiger partial charge < -0.3 is 15.3 Å². The van der Waals surface area contributed by atoms with E-state index in [1.807, 2.05) is 13.0 Å². The first-order valence-electron chi connectivity index (χ1n) is 8.42. The maximum atomic E-state index is 13.6. The summed E-state index contributed by atoms with van der Waals surface area (Å²) in [6.07, 6.45) is -4.49. The fourth-order valence-electron chi connectivity index (χ4n) is 2.59. The van der Waals surface area contributed by atoms with Crippen molar-refractivity contribution in [1.82, 2.24) is 0 Å². The number of aryl methyl sites for hydroxylation is 2. The standard InChI is InChI=1S/C19H21F3N2O3/c1-5-9-27-15-10-12(3)24(26)17(19(20,21)22)16(15)18(25)23-14-8-6-7-11(2)13(14)4/h6-8,10H,5,9H2,1-4H3,(H,23,25). The number of benzene rings is 1. The summed E-state index contributed by atoms with van der Waals surface area (Å²) in [6, 6.07) is 6.23. The number of hydrogen-bond donors (Lipinski definition) is 1. The van der Waals surface area contributed by atoms with Crippen molar-refractivity contribution in [3.63, 3.8) is 0 Å². The van der Waals surface area contributed by atoms with Crippen LogP contribution < -0.4 is 14.8 Å². The Morgan fingerprint density at radius 1 is 1.26 bits per heavy atom. The SMILES string of the molecule is CCCOc1cc(C)[n+]([O-])c(C(F)(F)F)c1C(=O)Nc1cccc(C)c1C. The van der Waals surface area contributed by atoms with Crippen LogP contribution in [0, 0.1) is 26.0 Å². The van der Waals surface area contributed by atoms with E-state index in [1.165, 1.54) is 6.92 Å². The largest absolute Gasteiger partial charge is 0.618 e. The quantitative estimate of drug-likeness (QED) is 0.619. The molecule has 0 saturated heterocycles. The zero-order chi connectivity index (χ0) is 20.4. The van der Waals surface area contributed by atoms with Gasteiger partial charge in [0.15, 0.2) is 11.3 Å². The van der Waals surface area contributed by atoms with E-state index in [0.717, 1.165) is 17.2 Å². The zero-order valence-corrected chi connectivity index (χ0v) is 15.5. The van der Waals surface area contributed by atoms with Gasteiger partial charge >= 0.3 is 11.9 Å². The normalized spacial score (nSPS) is 11.4. The first-order chi connectivity index (χ1) is 12.6. The van der Waals surface area contributed by atoms with Crippen molar-refractivity contribution in [2.45, 2.75) is 40.3 Å². The smallest absolute Gasteiger partial charge is 0.479 e. The van der Waals surface area contributed by atoms with E-state index in [4.69, 9.17) is 4.74 Å². The highest BCUT2D eigenvalue weighted by atomic mass is 19.4. The number of nitrogens with one attached hydrogen (secondary N) is 1. The Morgan fingerprint density at radius 3 is 2.52 bits per heavy atom. The van der Waals surface area contributed by atoms with Crippen molar-refractivity contribution >= 4 is 11.6 Å². The van der Waals surface area contributed by atoms with Crippen LogP contribution in [0.25, 0.3) is 0 Å². The third-order valence-corrected chi connectivity index (χ3v) is 4.16. The van der Waals surface area contributed by atoms with Crippen LogP contribution in [0.5, 0.6) is 5.75 Å². The minimum absolute atomic E-state index is 0.114. The molecule has 146 valence electrons. The van der Waals surface area contributed by atoms with Crippen LogP contribution in [0.3, 0.4) is 0 Å². The number of anilines is 1. The van der Waals surface area contributed by atoms with Crippen molar-refractivity contribution in [1.29, 1.82) is 0 Å². The van der Waals surface area contributed by atoms with Crippen LogP contribution in [-0.2, 0) is 6.18 Å². The van der Waals surface area contributed by atoms with Crippen molar-refractivity contribution < 1.29 is 27.4 Å². The van der Waals surface area contributed by atoms with Crippen LogP contribution in [0.2, 0.25) is 0 Å². The molecule has 0 atom stereocenters. The molecular formula is C19H21F3N2O3. The molecule has 8 heteroatoms. The number of rotatable bonds is 5. The predicted octanol–water partition coefficient (Wildman–Crippen LogP) is 4.31. The molecule has 2 aromatic rings. The minimum atomic E-state index is -5.02. The van der Waals surface area contributed by atoms with Gasteiger partial charge in [-0.25, -0.2) is 0 Å². The Hall–Kier alpha value is -2.77. The Labute approximate surface area is 155 Å². The number of alkyl halides is 3. The van der Waals surface area contributed by atoms with Crippen LogP contribution in [0.15, 0.2) is 24.3 Å². The van der Waals surface area contributed by atoms with E-state index >= 15 is 0 Å². The number of aromatic nitrogens is 1. The van der Waals surface area contributed by atoms with Crippen LogP contribution in [-0.4, -0.2) is 12.5 Å². The minimum Gasteiger partial charge on any atom is -0.618 e. The Kier molecular flexibility index (Phi) is 5.98. The third kappa shape index (κ3) is 4.32. The molecule has 0 aliphatic rings. The molecule has 0 fully saturated rings. The molecule has 1 amide bonds. The summed E-state index contributed by atoms with van der Waals surface area (Å²) in [7, 11) is 0. The van der Waals surface area contributed by atoms with E-state index in [9.17, 15) is 23.2 Å². The Bertz CT molecular complexity index is 864. The molecule has 0 radical (unpaired) electrons. The van der Waals surface area contributed by atoms with Gasteiger partial charge in [-0.3, -0.25) is 4.79 Å². The van der Waals surface area contributed by atoms with Crippen molar-refractivity contribution in [2.75, 3.05) is 11.9 Å². The van der Waals surface area contributed by atoms with Crippen molar-refractivity contribution in [3.8, 4) is 5.75 Å². The van der Waals surface area contributed by atoms with E-state index in [1.54, 1.807) is 26.0 Å². The average Bonchev–Trinajstić information content (AvgIpc) is 2.58. The van der Waals surface area contributed by atoms with E-state index in [2.05, 4.69) is 5.32 Å². The lowest BCUT2D eigenvalue weighted by Gasteiger charge is -2.18. The molecular weight excluding hydrogens is 361 g/mol. The van der Waals surface area contributed by atoms with Crippen LogP contribution >= 0.6 is 0 Å². The second kappa shape index (κ2) is 7.85. The van der Waals surface area contributed by atoms with Crippen LogP contribution in [0.1, 0.15) is 46.2 Å². The fourth-order valence-corrected chi connectivity index (χ4v) is 2.59. The highest BCUT2D eigenvalue weighted by Gasteiger charge is 2.47. The van der Waals surface area contributed by atoms with Gasteiger partial charge in [0, 0.05) is 18.7 Å². The molecule has 0 saturated carbocycles. The summed E-state index contributed by atoms with van der Waals surface area (Å²) in [5.74, 6) is -1.32. The lowest BCUT2D eigenvalue weighted by molar-refractivity contribution is -0.635. The number of carbonyl (C=O) groups is 1. The van der Waals surface area contributed by atoms with Crippen LogP contribution in [0.4, 0.5) is 18.9 Å². The van der Waals surface area contributed by atoms with Gasteiger partial charge in [0.25, 0.3) is 5.91 Å². The second-order valence-electron chi connectivity index (χ2n) is 6.22. The maximum absolute atomic E-state index is 13.6. The van der Waals surface area contributed by atoms with Gasteiger partial charge in [-0.2, -0.15) is 17.9 Å².